The Kier molecular flexibility index (Phi) is 5.38. The van der Waals surface area contributed by atoms with Crippen LogP contribution in [0.4, 0.5) is 5.69 Å². The van der Waals surface area contributed by atoms with Crippen molar-refractivity contribution in [2.75, 3.05) is 24.1 Å². The standard InChI is InChI=1S/C21H24N4O3S/c1-29(27,28)24-17-8-6-15(7-9-17)21(26)16-10-12-25(13-11-16)14-20-22-18-4-2-3-5-19(18)23-20/h2-9,16,24H,10-14H2,1H3,(H,22,23). The van der Waals surface area contributed by atoms with Crippen molar-refractivity contribution in [2.45, 2.75) is 19.4 Å². The number of imidazole rings is 1. The molecule has 4 rings (SSSR count). The molecule has 0 aliphatic carbocycles. The smallest absolute Gasteiger partial charge is 0.229 e. The number of ketones is 1. The fraction of sp³-hybridized carbons (Fsp3) is 0.333. The van der Waals surface area contributed by atoms with Crippen LogP contribution in [0.25, 0.3) is 11.0 Å². The Hall–Kier alpha value is -2.71. The quantitative estimate of drug-likeness (QED) is 0.607. The topological polar surface area (TPSA) is 95.2 Å². The van der Waals surface area contributed by atoms with Crippen LogP contribution in [0, 0.1) is 5.92 Å². The summed E-state index contributed by atoms with van der Waals surface area (Å²) in [5.74, 6) is 1.07. The molecule has 1 fully saturated rings. The van der Waals surface area contributed by atoms with Gasteiger partial charge in [-0.25, -0.2) is 13.4 Å². The van der Waals surface area contributed by atoms with E-state index in [1.54, 1.807) is 24.3 Å². The van der Waals surface area contributed by atoms with Crippen molar-refractivity contribution >= 4 is 32.5 Å². The van der Waals surface area contributed by atoms with Gasteiger partial charge < -0.3 is 4.98 Å². The van der Waals surface area contributed by atoms with Crippen molar-refractivity contribution in [2.24, 2.45) is 5.92 Å². The predicted molar refractivity (Wildman–Crippen MR) is 113 cm³/mol. The maximum atomic E-state index is 12.8. The third kappa shape index (κ3) is 4.83. The number of benzene rings is 2. The highest BCUT2D eigenvalue weighted by Crippen LogP contribution is 2.24. The zero-order valence-electron chi connectivity index (χ0n) is 16.3. The second kappa shape index (κ2) is 7.96. The lowest BCUT2D eigenvalue weighted by atomic mass is 9.89. The molecular weight excluding hydrogens is 388 g/mol. The molecule has 0 amide bonds. The summed E-state index contributed by atoms with van der Waals surface area (Å²) >= 11 is 0. The minimum absolute atomic E-state index is 0.00404. The average Bonchev–Trinajstić information content (AvgIpc) is 3.10. The molecule has 152 valence electrons. The van der Waals surface area contributed by atoms with Crippen LogP contribution in [0.5, 0.6) is 0 Å². The zero-order valence-corrected chi connectivity index (χ0v) is 17.1. The van der Waals surface area contributed by atoms with Gasteiger partial charge in [0.15, 0.2) is 5.78 Å². The number of carbonyl (C=O) groups is 1. The molecule has 1 aliphatic rings. The van der Waals surface area contributed by atoms with Crippen LogP contribution in [0.1, 0.15) is 29.0 Å². The molecule has 29 heavy (non-hydrogen) atoms. The van der Waals surface area contributed by atoms with Gasteiger partial charge in [0, 0.05) is 17.2 Å². The average molecular weight is 413 g/mol. The number of sulfonamides is 1. The van der Waals surface area contributed by atoms with Gasteiger partial charge in [0.1, 0.15) is 5.82 Å². The lowest BCUT2D eigenvalue weighted by Gasteiger charge is -2.30. The number of piperidine rings is 1. The first kappa shape index (κ1) is 19.6. The number of H-pyrrole nitrogens is 1. The summed E-state index contributed by atoms with van der Waals surface area (Å²) in [4.78, 5) is 23.1. The number of nitrogens with zero attached hydrogens (tertiary/aromatic N) is 2. The molecule has 0 unspecified atom stereocenters. The van der Waals surface area contributed by atoms with Gasteiger partial charge in [0.2, 0.25) is 10.0 Å². The molecule has 0 radical (unpaired) electrons. The molecule has 1 saturated heterocycles. The Morgan fingerprint density at radius 1 is 1.14 bits per heavy atom. The van der Waals surface area contributed by atoms with Gasteiger partial charge in [-0.05, 0) is 62.3 Å². The Morgan fingerprint density at radius 2 is 1.83 bits per heavy atom. The molecule has 2 N–H and O–H groups in total. The van der Waals surface area contributed by atoms with E-state index in [-0.39, 0.29) is 11.7 Å². The summed E-state index contributed by atoms with van der Waals surface area (Å²) < 4.78 is 25.0. The lowest BCUT2D eigenvalue weighted by Crippen LogP contribution is -2.36. The number of Topliss-reactive ketones (excluding diaryl/α,β-unsaturated/α-hetero) is 1. The van der Waals surface area contributed by atoms with Gasteiger partial charge in [-0.2, -0.15) is 0 Å². The maximum absolute atomic E-state index is 12.8. The van der Waals surface area contributed by atoms with Gasteiger partial charge in [0.25, 0.3) is 0 Å². The number of para-hydroxylation sites is 2. The van der Waals surface area contributed by atoms with E-state index in [0.717, 1.165) is 55.6 Å². The number of hydrogen-bond donors (Lipinski definition) is 2. The molecule has 1 aromatic heterocycles. The summed E-state index contributed by atoms with van der Waals surface area (Å²) in [6, 6.07) is 14.6. The fourth-order valence-corrected chi connectivity index (χ4v) is 4.36. The lowest BCUT2D eigenvalue weighted by molar-refractivity contribution is 0.0833. The van der Waals surface area contributed by atoms with E-state index >= 15 is 0 Å². The van der Waals surface area contributed by atoms with Crippen molar-refractivity contribution in [3.63, 3.8) is 0 Å². The van der Waals surface area contributed by atoms with Crippen molar-refractivity contribution in [3.8, 4) is 0 Å². The number of carbonyl (C=O) groups excluding carboxylic acids is 1. The van der Waals surface area contributed by atoms with Gasteiger partial charge in [-0.1, -0.05) is 12.1 Å². The number of aromatic nitrogens is 2. The Morgan fingerprint density at radius 3 is 2.48 bits per heavy atom. The second-order valence-corrected chi connectivity index (χ2v) is 9.32. The number of hydrogen-bond acceptors (Lipinski definition) is 5. The Bertz CT molecular complexity index is 1080. The van der Waals surface area contributed by atoms with E-state index in [1.165, 1.54) is 0 Å². The van der Waals surface area contributed by atoms with Crippen molar-refractivity contribution < 1.29 is 13.2 Å². The molecule has 0 atom stereocenters. The van der Waals surface area contributed by atoms with Crippen LogP contribution in [0.3, 0.4) is 0 Å². The molecular formula is C21H24N4O3S. The molecule has 1 aliphatic heterocycles. The minimum Gasteiger partial charge on any atom is -0.341 e. The fourth-order valence-electron chi connectivity index (χ4n) is 3.80. The van der Waals surface area contributed by atoms with Crippen LogP contribution in [0.2, 0.25) is 0 Å². The van der Waals surface area contributed by atoms with Gasteiger partial charge in [-0.15, -0.1) is 0 Å². The summed E-state index contributed by atoms with van der Waals surface area (Å²) in [7, 11) is -3.32. The number of fused-ring (bicyclic) bond motifs is 1. The van der Waals surface area contributed by atoms with Gasteiger partial charge >= 0.3 is 0 Å². The third-order valence-electron chi connectivity index (χ3n) is 5.24. The van der Waals surface area contributed by atoms with E-state index in [4.69, 9.17) is 0 Å². The number of anilines is 1. The van der Waals surface area contributed by atoms with Crippen LogP contribution in [0.15, 0.2) is 48.5 Å². The minimum atomic E-state index is -3.32. The van der Waals surface area contributed by atoms with Crippen molar-refractivity contribution in [1.82, 2.24) is 14.9 Å². The van der Waals surface area contributed by atoms with Gasteiger partial charge in [-0.3, -0.25) is 14.4 Å². The molecule has 2 heterocycles. The van der Waals surface area contributed by atoms with E-state index in [2.05, 4.69) is 19.6 Å². The summed E-state index contributed by atoms with van der Waals surface area (Å²) in [5, 5.41) is 0. The van der Waals surface area contributed by atoms with E-state index < -0.39 is 10.0 Å². The van der Waals surface area contributed by atoms with E-state index in [0.29, 0.717) is 11.3 Å². The summed E-state index contributed by atoms with van der Waals surface area (Å²) in [5.41, 5.74) is 3.10. The molecule has 2 aromatic carbocycles. The first-order chi connectivity index (χ1) is 13.9. The van der Waals surface area contributed by atoms with Gasteiger partial charge in [0.05, 0.1) is 23.8 Å². The van der Waals surface area contributed by atoms with Crippen LogP contribution >= 0.6 is 0 Å². The van der Waals surface area contributed by atoms with Crippen LogP contribution < -0.4 is 4.72 Å². The molecule has 0 spiro atoms. The Balaban J connectivity index is 1.33. The van der Waals surface area contributed by atoms with Crippen molar-refractivity contribution in [1.29, 1.82) is 0 Å². The Labute approximate surface area is 170 Å². The van der Waals surface area contributed by atoms with Crippen LogP contribution in [-0.4, -0.2) is 48.4 Å². The third-order valence-corrected chi connectivity index (χ3v) is 5.85. The number of nitrogens with one attached hydrogen (secondary N) is 2. The summed E-state index contributed by atoms with van der Waals surface area (Å²) in [6.45, 7) is 2.45. The number of rotatable bonds is 6. The van der Waals surface area contributed by atoms with Crippen LogP contribution in [-0.2, 0) is 16.6 Å². The number of aromatic amines is 1. The SMILES string of the molecule is CS(=O)(=O)Nc1ccc(C(=O)C2CCN(Cc3nc4ccccc4[nH]3)CC2)cc1. The number of likely N-dealkylation sites (tertiary alicyclic amines) is 1. The highest BCUT2D eigenvalue weighted by atomic mass is 32.2. The highest BCUT2D eigenvalue weighted by Gasteiger charge is 2.26. The van der Waals surface area contributed by atoms with E-state index in [1.807, 2.05) is 24.3 Å². The monoisotopic (exact) mass is 412 g/mol. The molecule has 8 heteroatoms. The molecule has 0 saturated carbocycles. The predicted octanol–water partition coefficient (Wildman–Crippen LogP) is 3.03. The zero-order chi connectivity index (χ0) is 20.4. The largest absolute Gasteiger partial charge is 0.341 e. The highest BCUT2D eigenvalue weighted by molar-refractivity contribution is 7.92. The molecule has 3 aromatic rings. The van der Waals surface area contributed by atoms with E-state index in [9.17, 15) is 13.2 Å². The first-order valence-corrected chi connectivity index (χ1v) is 11.5. The normalized spacial score (nSPS) is 16.2. The van der Waals surface area contributed by atoms with Crippen molar-refractivity contribution in [3.05, 3.63) is 59.9 Å². The second-order valence-electron chi connectivity index (χ2n) is 7.57. The molecule has 0 bridgehead atoms. The molecule has 7 nitrogen and oxygen atoms in total. The first-order valence-electron chi connectivity index (χ1n) is 9.65. The summed E-state index contributed by atoms with van der Waals surface area (Å²) in [6.07, 6.45) is 2.72. The maximum Gasteiger partial charge on any atom is 0.229 e.